The molecule has 0 aromatic heterocycles. The quantitative estimate of drug-likeness (QED) is 0.524. The van der Waals surface area contributed by atoms with Gasteiger partial charge in [0.2, 0.25) is 0 Å². The Morgan fingerprint density at radius 2 is 1.93 bits per heavy atom. The lowest BCUT2D eigenvalue weighted by molar-refractivity contribution is -0.123. The van der Waals surface area contributed by atoms with Crippen molar-refractivity contribution in [3.63, 3.8) is 0 Å². The van der Waals surface area contributed by atoms with Gasteiger partial charge in [0.15, 0.2) is 0 Å². The van der Waals surface area contributed by atoms with E-state index in [4.69, 9.17) is 16.3 Å². The van der Waals surface area contributed by atoms with Crippen LogP contribution in [0.15, 0.2) is 52.6 Å². The molecule has 1 aliphatic rings. The minimum Gasteiger partial charge on any atom is -0.496 e. The number of methoxy groups -OCH3 is 1. The van der Waals surface area contributed by atoms with E-state index < -0.39 is 0 Å². The van der Waals surface area contributed by atoms with Crippen molar-refractivity contribution in [2.75, 3.05) is 13.7 Å². The first-order valence-electron chi connectivity index (χ1n) is 9.16. The Balaban J connectivity index is 2.25. The second kappa shape index (κ2) is 8.54. The topological polar surface area (TPSA) is 29.5 Å². The third kappa shape index (κ3) is 4.03. The molecule has 0 spiro atoms. The van der Waals surface area contributed by atoms with E-state index in [2.05, 4.69) is 29.8 Å². The van der Waals surface area contributed by atoms with Crippen LogP contribution in [0.2, 0.25) is 5.02 Å². The summed E-state index contributed by atoms with van der Waals surface area (Å²) in [5.74, 6) is 0.991. The van der Waals surface area contributed by atoms with Crippen LogP contribution in [0.4, 0.5) is 0 Å². The Morgan fingerprint density at radius 3 is 2.57 bits per heavy atom. The molecule has 0 bridgehead atoms. The number of nitrogens with zero attached hydrogens (tertiary/aromatic N) is 1. The molecule has 1 aliphatic heterocycles. The predicted octanol–water partition coefficient (Wildman–Crippen LogP) is 6.30. The van der Waals surface area contributed by atoms with Gasteiger partial charge < -0.3 is 9.64 Å². The molecule has 5 heteroatoms. The Morgan fingerprint density at radius 1 is 1.21 bits per heavy atom. The highest BCUT2D eigenvalue weighted by Gasteiger charge is 2.36. The maximum atomic E-state index is 13.1. The maximum absolute atomic E-state index is 13.1. The predicted molar refractivity (Wildman–Crippen MR) is 120 cm³/mol. The summed E-state index contributed by atoms with van der Waals surface area (Å²) < 4.78 is 6.13. The summed E-state index contributed by atoms with van der Waals surface area (Å²) in [5, 5.41) is 0.644. The molecule has 0 saturated heterocycles. The van der Waals surface area contributed by atoms with Crippen LogP contribution in [0, 0.1) is 12.8 Å². The highest BCUT2D eigenvalue weighted by molar-refractivity contribution is 9.12. The lowest BCUT2D eigenvalue weighted by Gasteiger charge is -2.23. The van der Waals surface area contributed by atoms with Crippen LogP contribution in [0.5, 0.6) is 5.75 Å². The molecule has 0 fully saturated rings. The van der Waals surface area contributed by atoms with Gasteiger partial charge in [-0.1, -0.05) is 55.3 Å². The van der Waals surface area contributed by atoms with Crippen molar-refractivity contribution in [2.24, 2.45) is 5.92 Å². The van der Waals surface area contributed by atoms with Crippen molar-refractivity contribution in [1.82, 2.24) is 4.90 Å². The molecule has 0 aliphatic carbocycles. The van der Waals surface area contributed by atoms with Crippen LogP contribution in [0.3, 0.4) is 0 Å². The number of carbonyl (C=O) groups is 1. The van der Waals surface area contributed by atoms with Gasteiger partial charge in [0.1, 0.15) is 5.75 Å². The van der Waals surface area contributed by atoms with Crippen molar-refractivity contribution >= 4 is 45.1 Å². The van der Waals surface area contributed by atoms with Crippen molar-refractivity contribution < 1.29 is 9.53 Å². The molecule has 0 radical (unpaired) electrons. The highest BCUT2D eigenvalue weighted by Crippen LogP contribution is 2.44. The van der Waals surface area contributed by atoms with E-state index >= 15 is 0 Å². The van der Waals surface area contributed by atoms with E-state index in [1.807, 2.05) is 60.4 Å². The number of ether oxygens (including phenoxy) is 1. The SMILES string of the molecule is COc1ccc(C)cc1C1=C(Br)C(=O)N(CC(C)C)/C1=C/c1ccccc1Cl. The standard InChI is InChI=1S/C23H23BrClNO2/c1-14(2)13-26-19(12-16-7-5-6-8-18(16)25)21(22(24)23(26)27)17-11-15(3)9-10-20(17)28-4/h5-12,14H,13H2,1-4H3/b19-12+. The molecule has 3 rings (SSSR count). The Kier molecular flexibility index (Phi) is 6.31. The number of aryl methyl sites for hydroxylation is 1. The molecular formula is C23H23BrClNO2. The first kappa shape index (κ1) is 20.7. The summed E-state index contributed by atoms with van der Waals surface area (Å²) in [6, 6.07) is 13.6. The summed E-state index contributed by atoms with van der Waals surface area (Å²) in [6.45, 7) is 6.83. The van der Waals surface area contributed by atoms with Gasteiger partial charge >= 0.3 is 0 Å². The van der Waals surface area contributed by atoms with Crippen molar-refractivity contribution in [3.8, 4) is 5.75 Å². The minimum absolute atomic E-state index is 0.0504. The van der Waals surface area contributed by atoms with Gasteiger partial charge in [-0.05, 0) is 58.6 Å². The first-order valence-corrected chi connectivity index (χ1v) is 10.3. The second-order valence-corrected chi connectivity index (χ2v) is 8.45. The van der Waals surface area contributed by atoms with Crippen LogP contribution in [0.1, 0.15) is 30.5 Å². The van der Waals surface area contributed by atoms with E-state index in [1.165, 1.54) is 0 Å². The lowest BCUT2D eigenvalue weighted by atomic mass is 9.99. The largest absolute Gasteiger partial charge is 0.496 e. The number of rotatable bonds is 5. The molecular weight excluding hydrogens is 438 g/mol. The van der Waals surface area contributed by atoms with Crippen molar-refractivity contribution in [2.45, 2.75) is 20.8 Å². The summed E-state index contributed by atoms with van der Waals surface area (Å²) in [7, 11) is 1.64. The third-order valence-electron chi connectivity index (χ3n) is 4.57. The molecule has 0 saturated carbocycles. The Labute approximate surface area is 179 Å². The van der Waals surface area contributed by atoms with Gasteiger partial charge in [-0.15, -0.1) is 0 Å². The number of carbonyl (C=O) groups excluding carboxylic acids is 1. The first-order chi connectivity index (χ1) is 13.3. The van der Waals surface area contributed by atoms with E-state index in [-0.39, 0.29) is 5.91 Å². The van der Waals surface area contributed by atoms with Crippen LogP contribution in [-0.4, -0.2) is 24.5 Å². The van der Waals surface area contributed by atoms with E-state index in [0.29, 0.717) is 22.0 Å². The molecule has 2 aromatic rings. The molecule has 0 N–H and O–H groups in total. The molecule has 0 unspecified atom stereocenters. The number of allylic oxidation sites excluding steroid dienone is 1. The molecule has 0 atom stereocenters. The van der Waals surface area contributed by atoms with Crippen LogP contribution >= 0.6 is 27.5 Å². The van der Waals surface area contributed by atoms with Gasteiger partial charge in [-0.2, -0.15) is 0 Å². The average molecular weight is 461 g/mol. The normalized spacial score (nSPS) is 15.9. The monoisotopic (exact) mass is 459 g/mol. The minimum atomic E-state index is -0.0504. The maximum Gasteiger partial charge on any atom is 0.266 e. The van der Waals surface area contributed by atoms with E-state index in [0.717, 1.165) is 33.7 Å². The molecule has 2 aromatic carbocycles. The lowest BCUT2D eigenvalue weighted by Crippen LogP contribution is -2.29. The number of hydrogen-bond acceptors (Lipinski definition) is 2. The second-order valence-electron chi connectivity index (χ2n) is 7.25. The van der Waals surface area contributed by atoms with Crippen LogP contribution < -0.4 is 4.74 Å². The molecule has 3 nitrogen and oxygen atoms in total. The van der Waals surface area contributed by atoms with E-state index in [1.54, 1.807) is 7.11 Å². The van der Waals surface area contributed by atoms with Crippen molar-refractivity contribution in [1.29, 1.82) is 0 Å². The summed E-state index contributed by atoms with van der Waals surface area (Å²) in [4.78, 5) is 14.9. The van der Waals surface area contributed by atoms with Crippen LogP contribution in [-0.2, 0) is 4.79 Å². The van der Waals surface area contributed by atoms with Crippen molar-refractivity contribution in [3.05, 3.63) is 74.4 Å². The fourth-order valence-corrected chi connectivity index (χ4v) is 4.11. The number of amides is 1. The fraction of sp³-hybridized carbons (Fsp3) is 0.261. The van der Waals surface area contributed by atoms with Gasteiger partial charge in [0.25, 0.3) is 5.91 Å². The molecule has 1 heterocycles. The van der Waals surface area contributed by atoms with Crippen LogP contribution in [0.25, 0.3) is 11.6 Å². The third-order valence-corrected chi connectivity index (χ3v) is 5.65. The average Bonchev–Trinajstić information content (AvgIpc) is 2.87. The summed E-state index contributed by atoms with van der Waals surface area (Å²) >= 11 is 9.96. The smallest absolute Gasteiger partial charge is 0.266 e. The summed E-state index contributed by atoms with van der Waals surface area (Å²) in [6.07, 6.45) is 1.98. The zero-order valence-electron chi connectivity index (χ0n) is 16.4. The Hall–Kier alpha value is -2.04. The molecule has 1 amide bonds. The number of hydrogen-bond donors (Lipinski definition) is 0. The highest BCUT2D eigenvalue weighted by atomic mass is 79.9. The molecule has 146 valence electrons. The fourth-order valence-electron chi connectivity index (χ4n) is 3.29. The number of benzene rings is 2. The Bertz CT molecular complexity index is 978. The zero-order chi connectivity index (χ0) is 20.4. The van der Waals surface area contributed by atoms with Gasteiger partial charge in [0.05, 0.1) is 17.3 Å². The van der Waals surface area contributed by atoms with Gasteiger partial charge in [0, 0.05) is 22.7 Å². The molecule has 28 heavy (non-hydrogen) atoms. The van der Waals surface area contributed by atoms with Gasteiger partial charge in [-0.25, -0.2) is 0 Å². The van der Waals surface area contributed by atoms with E-state index in [9.17, 15) is 4.79 Å². The van der Waals surface area contributed by atoms with Gasteiger partial charge in [-0.3, -0.25) is 4.79 Å². The summed E-state index contributed by atoms with van der Waals surface area (Å²) in [5.41, 5.74) is 4.49. The number of halogens is 2. The zero-order valence-corrected chi connectivity index (χ0v) is 18.8.